The molecule has 0 unspecified atom stereocenters. The number of nitro groups is 1. The summed E-state index contributed by atoms with van der Waals surface area (Å²) in [4.78, 5) is 23.9. The number of carbonyl (C=O) groups excluding carboxylic acids is 1. The maximum atomic E-state index is 11.5. The second-order valence-corrected chi connectivity index (χ2v) is 4.37. The van der Waals surface area contributed by atoms with E-state index in [0.717, 1.165) is 19.6 Å². The van der Waals surface area contributed by atoms with Crippen molar-refractivity contribution in [3.05, 3.63) is 33.9 Å². The maximum absolute atomic E-state index is 11.5. The number of benzene rings is 1. The molecular formula is C14H21BrN2O4. The second kappa shape index (κ2) is 9.46. The predicted molar refractivity (Wildman–Crippen MR) is 86.7 cm³/mol. The molecule has 0 saturated carbocycles. The summed E-state index contributed by atoms with van der Waals surface area (Å²) in [5.74, 6) is 0.154. The summed E-state index contributed by atoms with van der Waals surface area (Å²) < 4.78 is 5.58. The van der Waals surface area contributed by atoms with Crippen LogP contribution in [-0.2, 0) is 0 Å². The van der Waals surface area contributed by atoms with Gasteiger partial charge in [0.2, 0.25) is 0 Å². The van der Waals surface area contributed by atoms with Crippen molar-refractivity contribution in [3.8, 4) is 5.75 Å². The van der Waals surface area contributed by atoms with Crippen LogP contribution in [0, 0.1) is 10.1 Å². The second-order valence-electron chi connectivity index (χ2n) is 4.37. The van der Waals surface area contributed by atoms with Gasteiger partial charge in [-0.15, -0.1) is 17.0 Å². The van der Waals surface area contributed by atoms with E-state index in [-0.39, 0.29) is 34.0 Å². The first-order valence-corrected chi connectivity index (χ1v) is 6.64. The zero-order chi connectivity index (χ0) is 15.1. The number of rotatable bonds is 8. The topological polar surface area (TPSA) is 72.7 Å². The molecule has 0 aromatic heterocycles. The van der Waals surface area contributed by atoms with E-state index >= 15 is 0 Å². The van der Waals surface area contributed by atoms with Gasteiger partial charge in [-0.2, -0.15) is 0 Å². The van der Waals surface area contributed by atoms with Crippen molar-refractivity contribution in [1.29, 1.82) is 0 Å². The van der Waals surface area contributed by atoms with Crippen LogP contribution in [-0.4, -0.2) is 41.8 Å². The number of Topliss-reactive ketones (excluding diaryl/α,β-unsaturated/α-hetero) is 1. The largest absolute Gasteiger partial charge is 0.491 e. The molecule has 1 rings (SSSR count). The first-order chi connectivity index (χ1) is 9.49. The van der Waals surface area contributed by atoms with Crippen molar-refractivity contribution >= 4 is 28.5 Å². The first-order valence-electron chi connectivity index (χ1n) is 6.64. The number of hydrogen-bond acceptors (Lipinski definition) is 5. The summed E-state index contributed by atoms with van der Waals surface area (Å²) in [6.45, 7) is 8.56. The minimum atomic E-state index is -0.522. The third-order valence-corrected chi connectivity index (χ3v) is 3.11. The van der Waals surface area contributed by atoms with E-state index in [1.807, 2.05) is 0 Å². The van der Waals surface area contributed by atoms with Gasteiger partial charge in [0.1, 0.15) is 12.4 Å². The Labute approximate surface area is 135 Å². The Bertz CT molecular complexity index is 490. The number of hydrogen-bond donors (Lipinski definition) is 0. The van der Waals surface area contributed by atoms with E-state index in [9.17, 15) is 14.9 Å². The van der Waals surface area contributed by atoms with E-state index in [1.54, 1.807) is 0 Å². The van der Waals surface area contributed by atoms with Crippen molar-refractivity contribution in [3.63, 3.8) is 0 Å². The molecule has 0 radical (unpaired) electrons. The summed E-state index contributed by atoms with van der Waals surface area (Å²) in [6, 6.07) is 4.09. The number of nitrogens with zero attached hydrogens (tertiary/aromatic N) is 2. The van der Waals surface area contributed by atoms with Gasteiger partial charge in [0.05, 0.1) is 10.5 Å². The van der Waals surface area contributed by atoms with Gasteiger partial charge in [-0.25, -0.2) is 0 Å². The number of likely N-dealkylation sites (N-methyl/N-ethyl adjacent to an activating group) is 1. The standard InChI is InChI=1S/C14H20N2O4.BrH/c1-4-15(5-2)8-9-20-14-7-6-12(16(18)19)10-13(14)11(3)17;/h6-7,10H,4-5,8-9H2,1-3H3;1H. The van der Waals surface area contributed by atoms with Crippen LogP contribution < -0.4 is 4.74 Å². The summed E-state index contributed by atoms with van der Waals surface area (Å²) in [6.07, 6.45) is 0. The van der Waals surface area contributed by atoms with Crippen molar-refractivity contribution in [2.45, 2.75) is 20.8 Å². The van der Waals surface area contributed by atoms with Crippen LogP contribution in [0.3, 0.4) is 0 Å². The van der Waals surface area contributed by atoms with Gasteiger partial charge < -0.3 is 9.64 Å². The average Bonchev–Trinajstić information content (AvgIpc) is 2.43. The molecule has 7 heteroatoms. The molecule has 0 bridgehead atoms. The van der Waals surface area contributed by atoms with Gasteiger partial charge in [0.15, 0.2) is 5.78 Å². The van der Waals surface area contributed by atoms with Crippen LogP contribution in [0.15, 0.2) is 18.2 Å². The Morgan fingerprint density at radius 2 is 1.95 bits per heavy atom. The van der Waals surface area contributed by atoms with Gasteiger partial charge in [-0.1, -0.05) is 13.8 Å². The Morgan fingerprint density at radius 3 is 2.43 bits per heavy atom. The highest BCUT2D eigenvalue weighted by Gasteiger charge is 2.15. The van der Waals surface area contributed by atoms with Crippen LogP contribution in [0.4, 0.5) is 5.69 Å². The van der Waals surface area contributed by atoms with Crippen molar-refractivity contribution in [2.75, 3.05) is 26.2 Å². The molecule has 0 heterocycles. The fourth-order valence-corrected chi connectivity index (χ4v) is 1.86. The van der Waals surface area contributed by atoms with Crippen molar-refractivity contribution < 1.29 is 14.5 Å². The molecule has 1 aromatic rings. The van der Waals surface area contributed by atoms with Crippen molar-refractivity contribution in [2.24, 2.45) is 0 Å². The van der Waals surface area contributed by atoms with Gasteiger partial charge >= 0.3 is 0 Å². The monoisotopic (exact) mass is 360 g/mol. The highest BCUT2D eigenvalue weighted by molar-refractivity contribution is 8.93. The molecule has 0 spiro atoms. The Hall–Kier alpha value is -1.47. The van der Waals surface area contributed by atoms with E-state index in [1.165, 1.54) is 25.1 Å². The number of non-ortho nitro benzene ring substituents is 1. The quantitative estimate of drug-likeness (QED) is 0.404. The first kappa shape index (κ1) is 19.5. The zero-order valence-electron chi connectivity index (χ0n) is 12.5. The van der Waals surface area contributed by atoms with E-state index in [2.05, 4.69) is 18.7 Å². The molecule has 0 saturated heterocycles. The third-order valence-electron chi connectivity index (χ3n) is 3.11. The lowest BCUT2D eigenvalue weighted by atomic mass is 10.1. The predicted octanol–water partition coefficient (Wildman–Crippen LogP) is 3.10. The molecule has 6 nitrogen and oxygen atoms in total. The Balaban J connectivity index is 0.00000400. The molecule has 0 amide bonds. The zero-order valence-corrected chi connectivity index (χ0v) is 14.2. The smallest absolute Gasteiger partial charge is 0.270 e. The van der Waals surface area contributed by atoms with Gasteiger partial charge in [-0.3, -0.25) is 14.9 Å². The lowest BCUT2D eigenvalue weighted by Crippen LogP contribution is -2.28. The molecule has 0 aliphatic rings. The number of halogens is 1. The molecule has 0 atom stereocenters. The van der Waals surface area contributed by atoms with Crippen LogP contribution >= 0.6 is 17.0 Å². The van der Waals surface area contributed by atoms with E-state index in [0.29, 0.717) is 12.4 Å². The van der Waals surface area contributed by atoms with Gasteiger partial charge in [-0.05, 0) is 26.1 Å². The minimum Gasteiger partial charge on any atom is -0.491 e. The van der Waals surface area contributed by atoms with Gasteiger partial charge in [0.25, 0.3) is 5.69 Å². The van der Waals surface area contributed by atoms with Crippen molar-refractivity contribution in [1.82, 2.24) is 4.90 Å². The molecular weight excluding hydrogens is 340 g/mol. The molecule has 0 fully saturated rings. The normalized spacial score (nSPS) is 10.1. The van der Waals surface area contributed by atoms with E-state index in [4.69, 9.17) is 4.74 Å². The Morgan fingerprint density at radius 1 is 1.33 bits per heavy atom. The number of ether oxygens (including phenoxy) is 1. The minimum absolute atomic E-state index is 0. The lowest BCUT2D eigenvalue weighted by molar-refractivity contribution is -0.384. The molecule has 118 valence electrons. The molecule has 0 aliphatic carbocycles. The SMILES string of the molecule is Br.CCN(CC)CCOc1ccc([N+](=O)[O-])cc1C(C)=O. The summed E-state index contributed by atoms with van der Waals surface area (Å²) in [5.41, 5.74) is 0.144. The molecule has 1 aromatic carbocycles. The summed E-state index contributed by atoms with van der Waals surface area (Å²) in [5, 5.41) is 10.7. The number of carbonyl (C=O) groups is 1. The fourth-order valence-electron chi connectivity index (χ4n) is 1.86. The highest BCUT2D eigenvalue weighted by Crippen LogP contribution is 2.24. The molecule has 21 heavy (non-hydrogen) atoms. The lowest BCUT2D eigenvalue weighted by Gasteiger charge is -2.18. The molecule has 0 N–H and O–H groups in total. The highest BCUT2D eigenvalue weighted by atomic mass is 79.9. The Kier molecular flexibility index (Phi) is 8.80. The molecule has 0 aliphatic heterocycles. The van der Waals surface area contributed by atoms with Crippen LogP contribution in [0.5, 0.6) is 5.75 Å². The van der Waals surface area contributed by atoms with Gasteiger partial charge in [0, 0.05) is 18.7 Å². The summed E-state index contributed by atoms with van der Waals surface area (Å²) in [7, 11) is 0. The van der Waals surface area contributed by atoms with E-state index < -0.39 is 4.92 Å². The number of ketones is 1. The third kappa shape index (κ3) is 5.81. The van der Waals surface area contributed by atoms with Crippen LogP contribution in [0.1, 0.15) is 31.1 Å². The number of nitro benzene ring substituents is 1. The maximum Gasteiger partial charge on any atom is 0.270 e. The van der Waals surface area contributed by atoms with Crippen LogP contribution in [0.2, 0.25) is 0 Å². The van der Waals surface area contributed by atoms with Crippen LogP contribution in [0.25, 0.3) is 0 Å². The summed E-state index contributed by atoms with van der Waals surface area (Å²) >= 11 is 0. The average molecular weight is 361 g/mol. The fraction of sp³-hybridized carbons (Fsp3) is 0.500.